The average molecular weight is 294 g/mol. The van der Waals surface area contributed by atoms with E-state index in [-0.39, 0.29) is 0 Å². The number of hydrogen-bond donors (Lipinski definition) is 1. The maximum Gasteiger partial charge on any atom is 0.218 e. The van der Waals surface area contributed by atoms with Crippen molar-refractivity contribution >= 4 is 10.0 Å². The first kappa shape index (κ1) is 18.8. The van der Waals surface area contributed by atoms with Crippen molar-refractivity contribution in [2.45, 2.75) is 39.4 Å². The van der Waals surface area contributed by atoms with Gasteiger partial charge in [0.1, 0.15) is 0 Å². The summed E-state index contributed by atoms with van der Waals surface area (Å²) in [4.78, 5) is 0. The third-order valence-corrected chi connectivity index (χ3v) is 5.08. The number of rotatable bonds is 11. The highest BCUT2D eigenvalue weighted by molar-refractivity contribution is 7.89. The summed E-state index contributed by atoms with van der Waals surface area (Å²) in [6, 6.07) is 0. The molecule has 0 aliphatic heterocycles. The molecular formula is C13H30N2O3S. The number of hydrogen-bond acceptors (Lipinski definition) is 4. The maximum atomic E-state index is 12.5. The number of nitrogens with one attached hydrogen (secondary N) is 1. The molecule has 0 aromatic heterocycles. The molecule has 116 valence electrons. The van der Waals surface area contributed by atoms with Gasteiger partial charge in [0.2, 0.25) is 10.0 Å². The molecule has 1 N–H and O–H groups in total. The molecule has 0 aliphatic carbocycles. The summed E-state index contributed by atoms with van der Waals surface area (Å²) in [6.45, 7) is 10.6. The van der Waals surface area contributed by atoms with Gasteiger partial charge in [-0.05, 0) is 25.8 Å². The van der Waals surface area contributed by atoms with Crippen LogP contribution in [0.1, 0.15) is 34.1 Å². The van der Waals surface area contributed by atoms with E-state index in [1.165, 1.54) is 0 Å². The number of ether oxygens (including phenoxy) is 1. The number of methoxy groups -OCH3 is 1. The van der Waals surface area contributed by atoms with Gasteiger partial charge in [0.05, 0.1) is 11.9 Å². The van der Waals surface area contributed by atoms with E-state index in [0.717, 1.165) is 13.0 Å². The smallest absolute Gasteiger partial charge is 0.218 e. The lowest BCUT2D eigenvalue weighted by molar-refractivity contribution is 0.175. The van der Waals surface area contributed by atoms with E-state index < -0.39 is 15.3 Å². The van der Waals surface area contributed by atoms with Crippen molar-refractivity contribution < 1.29 is 13.2 Å². The Morgan fingerprint density at radius 2 is 1.89 bits per heavy atom. The molecule has 5 nitrogen and oxygen atoms in total. The van der Waals surface area contributed by atoms with E-state index in [1.54, 1.807) is 18.3 Å². The van der Waals surface area contributed by atoms with Crippen LogP contribution in [0.2, 0.25) is 0 Å². The first-order valence-corrected chi connectivity index (χ1v) is 8.55. The first-order valence-electron chi connectivity index (χ1n) is 7.04. The molecule has 0 spiro atoms. The summed E-state index contributed by atoms with van der Waals surface area (Å²) in [5.41, 5.74) is 0. The monoisotopic (exact) mass is 294 g/mol. The highest BCUT2D eigenvalue weighted by Gasteiger charge is 2.28. The van der Waals surface area contributed by atoms with Crippen molar-refractivity contribution in [3.05, 3.63) is 0 Å². The van der Waals surface area contributed by atoms with Crippen LogP contribution in [0, 0.1) is 5.92 Å². The van der Waals surface area contributed by atoms with Crippen LogP contribution in [0.4, 0.5) is 0 Å². The molecular weight excluding hydrogens is 264 g/mol. The largest absolute Gasteiger partial charge is 0.383 e. The molecule has 0 saturated heterocycles. The van der Waals surface area contributed by atoms with Gasteiger partial charge in [-0.15, -0.1) is 0 Å². The molecule has 0 saturated carbocycles. The Morgan fingerprint density at radius 3 is 2.37 bits per heavy atom. The molecule has 6 heteroatoms. The van der Waals surface area contributed by atoms with Crippen molar-refractivity contribution in [2.24, 2.45) is 5.92 Å². The standard InChI is InChI=1S/C13H30N2O3S/c1-6-7-14-10-13(4)19(16,17)15(8-9-18-5)11-12(2)3/h12-14H,6-11H2,1-5H3. The molecule has 1 unspecified atom stereocenters. The fourth-order valence-electron chi connectivity index (χ4n) is 1.76. The molecule has 0 aromatic carbocycles. The van der Waals surface area contributed by atoms with Crippen molar-refractivity contribution in [1.82, 2.24) is 9.62 Å². The lowest BCUT2D eigenvalue weighted by Gasteiger charge is -2.27. The van der Waals surface area contributed by atoms with E-state index in [4.69, 9.17) is 4.74 Å². The minimum Gasteiger partial charge on any atom is -0.383 e. The highest BCUT2D eigenvalue weighted by atomic mass is 32.2. The number of sulfonamides is 1. The summed E-state index contributed by atoms with van der Waals surface area (Å²) in [5, 5.41) is 2.76. The van der Waals surface area contributed by atoms with Gasteiger partial charge in [0.15, 0.2) is 0 Å². The van der Waals surface area contributed by atoms with E-state index in [2.05, 4.69) is 12.2 Å². The summed E-state index contributed by atoms with van der Waals surface area (Å²) in [6.07, 6.45) is 1.01. The Labute approximate surface area is 118 Å². The van der Waals surface area contributed by atoms with Crippen molar-refractivity contribution in [2.75, 3.05) is 39.9 Å². The molecule has 1 atom stereocenters. The van der Waals surface area contributed by atoms with Crippen LogP contribution in [0.25, 0.3) is 0 Å². The Balaban J connectivity index is 4.65. The maximum absolute atomic E-state index is 12.5. The van der Waals surface area contributed by atoms with Crippen LogP contribution in [0.3, 0.4) is 0 Å². The molecule has 0 heterocycles. The third kappa shape index (κ3) is 7.25. The van der Waals surface area contributed by atoms with Crippen LogP contribution in [-0.4, -0.2) is 57.9 Å². The molecule has 0 rings (SSSR count). The molecule has 0 fully saturated rings. The normalized spacial score (nSPS) is 14.3. The minimum absolute atomic E-state index is 0.308. The van der Waals surface area contributed by atoms with Crippen molar-refractivity contribution in [3.63, 3.8) is 0 Å². The van der Waals surface area contributed by atoms with E-state index in [1.807, 2.05) is 13.8 Å². The molecule has 19 heavy (non-hydrogen) atoms. The Bertz CT molecular complexity index is 318. The van der Waals surface area contributed by atoms with Gasteiger partial charge in [0.25, 0.3) is 0 Å². The summed E-state index contributed by atoms with van der Waals surface area (Å²) in [7, 11) is -1.67. The zero-order valence-electron chi connectivity index (χ0n) is 13.0. The second-order valence-electron chi connectivity index (χ2n) is 5.30. The zero-order chi connectivity index (χ0) is 14.9. The van der Waals surface area contributed by atoms with Crippen LogP contribution in [-0.2, 0) is 14.8 Å². The van der Waals surface area contributed by atoms with E-state index in [9.17, 15) is 8.42 Å². The fourth-order valence-corrected chi connectivity index (χ4v) is 3.44. The van der Waals surface area contributed by atoms with Gasteiger partial charge in [-0.2, -0.15) is 4.31 Å². The van der Waals surface area contributed by atoms with Crippen molar-refractivity contribution in [3.8, 4) is 0 Å². The topological polar surface area (TPSA) is 58.6 Å². The summed E-state index contributed by atoms with van der Waals surface area (Å²) >= 11 is 0. The lowest BCUT2D eigenvalue weighted by atomic mass is 10.2. The van der Waals surface area contributed by atoms with Crippen LogP contribution >= 0.6 is 0 Å². The van der Waals surface area contributed by atoms with Gasteiger partial charge in [-0.25, -0.2) is 8.42 Å². The first-order chi connectivity index (χ1) is 8.86. The third-order valence-electron chi connectivity index (χ3n) is 2.84. The van der Waals surface area contributed by atoms with E-state index in [0.29, 0.717) is 32.2 Å². The summed E-state index contributed by atoms with van der Waals surface area (Å²) in [5.74, 6) is 0.308. The second kappa shape index (κ2) is 9.69. The molecule has 0 radical (unpaired) electrons. The van der Waals surface area contributed by atoms with Gasteiger partial charge in [-0.3, -0.25) is 0 Å². The molecule has 0 aliphatic rings. The van der Waals surface area contributed by atoms with Crippen LogP contribution in [0.5, 0.6) is 0 Å². The summed E-state index contributed by atoms with van der Waals surface area (Å²) < 4.78 is 31.6. The van der Waals surface area contributed by atoms with Gasteiger partial charge in [-0.1, -0.05) is 20.8 Å². The number of nitrogens with zero attached hydrogens (tertiary/aromatic N) is 1. The SMILES string of the molecule is CCCNCC(C)S(=O)(=O)N(CCOC)CC(C)C. The van der Waals surface area contributed by atoms with Crippen LogP contribution < -0.4 is 5.32 Å². The van der Waals surface area contributed by atoms with Gasteiger partial charge < -0.3 is 10.1 Å². The quantitative estimate of drug-likeness (QED) is 0.584. The molecule has 0 amide bonds. The zero-order valence-corrected chi connectivity index (χ0v) is 13.8. The van der Waals surface area contributed by atoms with Gasteiger partial charge in [0, 0.05) is 26.7 Å². The Kier molecular flexibility index (Phi) is 9.60. The Hall–Kier alpha value is -0.170. The van der Waals surface area contributed by atoms with E-state index >= 15 is 0 Å². The average Bonchev–Trinajstić information content (AvgIpc) is 2.33. The predicted molar refractivity (Wildman–Crippen MR) is 79.8 cm³/mol. The predicted octanol–water partition coefficient (Wildman–Crippen LogP) is 1.31. The molecule has 0 aromatic rings. The van der Waals surface area contributed by atoms with Crippen LogP contribution in [0.15, 0.2) is 0 Å². The molecule has 0 bridgehead atoms. The lowest BCUT2D eigenvalue weighted by Crippen LogP contribution is -2.44. The second-order valence-corrected chi connectivity index (χ2v) is 7.66. The fraction of sp³-hybridized carbons (Fsp3) is 1.00. The Morgan fingerprint density at radius 1 is 1.26 bits per heavy atom. The highest BCUT2D eigenvalue weighted by Crippen LogP contribution is 2.11. The minimum atomic E-state index is -3.26. The van der Waals surface area contributed by atoms with Crippen molar-refractivity contribution in [1.29, 1.82) is 0 Å². The van der Waals surface area contributed by atoms with Gasteiger partial charge >= 0.3 is 0 Å².